The Hall–Kier alpha value is -1.88. The number of nitrogens with one attached hydrogen (secondary N) is 1. The largest absolute Gasteiger partial charge is 0.444 e. The van der Waals surface area contributed by atoms with Gasteiger partial charge in [-0.2, -0.15) is 0 Å². The average molecular weight is 402 g/mol. The molecule has 1 spiro atoms. The maximum absolute atomic E-state index is 13.4. The molecule has 160 valence electrons. The summed E-state index contributed by atoms with van der Waals surface area (Å²) in [4.78, 5) is 26.2. The summed E-state index contributed by atoms with van der Waals surface area (Å²) in [6, 6.07) is -0.0346. The Morgan fingerprint density at radius 2 is 2.00 bits per heavy atom. The number of rotatable bonds is 2. The van der Waals surface area contributed by atoms with Crippen molar-refractivity contribution in [2.24, 2.45) is 23.7 Å². The second kappa shape index (κ2) is 8.47. The van der Waals surface area contributed by atoms with E-state index < -0.39 is 17.7 Å². The van der Waals surface area contributed by atoms with Gasteiger partial charge in [-0.3, -0.25) is 4.79 Å². The summed E-state index contributed by atoms with van der Waals surface area (Å²) in [6.07, 6.45) is 9.40. The molecule has 0 bridgehead atoms. The fraction of sp³-hybridized carbons (Fsp3) is 0.667. The number of aliphatic hydroxyl groups excluding tert-OH is 1. The number of esters is 1. The van der Waals surface area contributed by atoms with Crippen LogP contribution in [0.15, 0.2) is 35.5 Å². The lowest BCUT2D eigenvalue weighted by molar-refractivity contribution is -0.172. The Morgan fingerprint density at radius 1 is 1.28 bits per heavy atom. The molecule has 2 N–H and O–H groups in total. The fourth-order valence-electron chi connectivity index (χ4n) is 5.29. The molecule has 29 heavy (non-hydrogen) atoms. The van der Waals surface area contributed by atoms with E-state index in [-0.39, 0.29) is 29.7 Å². The smallest absolute Gasteiger partial charge is 0.331 e. The molecule has 3 aliphatic rings. The summed E-state index contributed by atoms with van der Waals surface area (Å²) in [5.41, 5.74) is 1.14. The Kier molecular flexibility index (Phi) is 6.37. The SMILES string of the molecule is CC1=C[C@@H]2/C=C(\C)CCC[C@H](O)/C=C/C(=O)O[C@]23C(=O)N[C@H](CC(C)C)[C@H]3[C@@H]1C. The van der Waals surface area contributed by atoms with E-state index in [1.54, 1.807) is 0 Å². The molecule has 0 unspecified atom stereocenters. The van der Waals surface area contributed by atoms with Gasteiger partial charge in [0.2, 0.25) is 5.60 Å². The summed E-state index contributed by atoms with van der Waals surface area (Å²) in [5, 5.41) is 13.3. The summed E-state index contributed by atoms with van der Waals surface area (Å²) < 4.78 is 6.04. The second-order valence-electron chi connectivity index (χ2n) is 9.51. The Balaban J connectivity index is 2.13. The Morgan fingerprint density at radius 3 is 2.69 bits per heavy atom. The average Bonchev–Trinajstić information content (AvgIpc) is 2.89. The van der Waals surface area contributed by atoms with E-state index >= 15 is 0 Å². The van der Waals surface area contributed by atoms with Gasteiger partial charge in [0.1, 0.15) is 0 Å². The molecule has 5 nitrogen and oxygen atoms in total. The third-order valence-corrected chi connectivity index (χ3v) is 6.78. The van der Waals surface area contributed by atoms with Crippen LogP contribution < -0.4 is 5.32 Å². The highest BCUT2D eigenvalue weighted by Gasteiger charge is 2.64. The monoisotopic (exact) mass is 401 g/mol. The van der Waals surface area contributed by atoms with Crippen molar-refractivity contribution in [1.82, 2.24) is 5.32 Å². The number of carbonyl (C=O) groups is 2. The van der Waals surface area contributed by atoms with Gasteiger partial charge in [-0.25, -0.2) is 4.79 Å². The first-order valence-electron chi connectivity index (χ1n) is 10.9. The zero-order valence-corrected chi connectivity index (χ0v) is 18.3. The molecular formula is C24H35NO4. The Labute approximate surface area is 174 Å². The molecule has 2 heterocycles. The molecule has 0 aromatic carbocycles. The molecule has 0 aromatic rings. The maximum Gasteiger partial charge on any atom is 0.331 e. The molecule has 1 aliphatic carbocycles. The summed E-state index contributed by atoms with van der Waals surface area (Å²) in [7, 11) is 0. The number of aliphatic hydroxyl groups is 1. The minimum Gasteiger partial charge on any atom is -0.444 e. The molecular weight excluding hydrogens is 366 g/mol. The predicted octanol–water partition coefficient (Wildman–Crippen LogP) is 3.69. The van der Waals surface area contributed by atoms with E-state index in [1.165, 1.54) is 17.7 Å². The second-order valence-corrected chi connectivity index (χ2v) is 9.51. The minimum absolute atomic E-state index is 0.0346. The lowest BCUT2D eigenvalue weighted by Crippen LogP contribution is -2.56. The van der Waals surface area contributed by atoms with Crippen molar-refractivity contribution in [3.63, 3.8) is 0 Å². The van der Waals surface area contributed by atoms with Gasteiger partial charge in [0, 0.05) is 24.0 Å². The normalized spacial score (nSPS) is 41.0. The van der Waals surface area contributed by atoms with Crippen molar-refractivity contribution in [2.45, 2.75) is 78.0 Å². The van der Waals surface area contributed by atoms with Crippen LogP contribution in [0.2, 0.25) is 0 Å². The molecule has 6 atom stereocenters. The van der Waals surface area contributed by atoms with Gasteiger partial charge in [-0.15, -0.1) is 0 Å². The number of hydrogen-bond donors (Lipinski definition) is 2. The highest BCUT2D eigenvalue weighted by Crippen LogP contribution is 2.50. The number of ether oxygens (including phenoxy) is 1. The molecule has 3 rings (SSSR count). The van der Waals surface area contributed by atoms with Crippen molar-refractivity contribution in [2.75, 3.05) is 0 Å². The van der Waals surface area contributed by atoms with Crippen molar-refractivity contribution in [3.05, 3.63) is 35.5 Å². The molecule has 5 heteroatoms. The van der Waals surface area contributed by atoms with Crippen LogP contribution in [0.25, 0.3) is 0 Å². The lowest BCUT2D eigenvalue weighted by atomic mass is 9.63. The van der Waals surface area contributed by atoms with Crippen LogP contribution in [0.5, 0.6) is 0 Å². The number of amides is 1. The highest BCUT2D eigenvalue weighted by atomic mass is 16.6. The number of carbonyl (C=O) groups excluding carboxylic acids is 2. The summed E-state index contributed by atoms with van der Waals surface area (Å²) in [6.45, 7) is 10.6. The molecule has 0 aromatic heterocycles. The van der Waals surface area contributed by atoms with Crippen molar-refractivity contribution in [1.29, 1.82) is 0 Å². The maximum atomic E-state index is 13.4. The topological polar surface area (TPSA) is 75.6 Å². The number of allylic oxidation sites excluding steroid dienone is 2. The number of hydrogen-bond acceptors (Lipinski definition) is 4. The van der Waals surface area contributed by atoms with E-state index in [2.05, 4.69) is 52.1 Å². The zero-order chi connectivity index (χ0) is 21.3. The van der Waals surface area contributed by atoms with Crippen LogP contribution >= 0.6 is 0 Å². The van der Waals surface area contributed by atoms with Crippen LogP contribution in [-0.4, -0.2) is 34.7 Å². The van der Waals surface area contributed by atoms with Gasteiger partial charge < -0.3 is 15.2 Å². The lowest BCUT2D eigenvalue weighted by Gasteiger charge is -2.45. The molecule has 1 amide bonds. The van der Waals surface area contributed by atoms with E-state index in [4.69, 9.17) is 4.74 Å². The highest BCUT2D eigenvalue weighted by molar-refractivity contribution is 5.94. The van der Waals surface area contributed by atoms with Crippen LogP contribution in [0.4, 0.5) is 0 Å². The van der Waals surface area contributed by atoms with Crippen LogP contribution in [0.1, 0.15) is 60.3 Å². The third kappa shape index (κ3) is 4.20. The standard InChI is InChI=1S/C24H35NO4/c1-14(2)11-20-22-17(5)16(4)13-18-12-15(3)7-6-8-19(26)9-10-21(27)29-24(18,22)23(28)25-20/h9-10,12-14,17-20,22,26H,6-8,11H2,1-5H3,(H,25,28)/b10-9+,15-12+/t17-,18+,19+,20-,22-,24-/m1/s1. The zero-order valence-electron chi connectivity index (χ0n) is 18.3. The van der Waals surface area contributed by atoms with Gasteiger partial charge in [0.25, 0.3) is 5.91 Å². The van der Waals surface area contributed by atoms with Gasteiger partial charge >= 0.3 is 5.97 Å². The fourth-order valence-corrected chi connectivity index (χ4v) is 5.29. The molecule has 2 aliphatic heterocycles. The first kappa shape index (κ1) is 21.8. The van der Waals surface area contributed by atoms with E-state index in [0.29, 0.717) is 12.3 Å². The predicted molar refractivity (Wildman–Crippen MR) is 113 cm³/mol. The first-order chi connectivity index (χ1) is 13.6. The van der Waals surface area contributed by atoms with E-state index in [9.17, 15) is 14.7 Å². The van der Waals surface area contributed by atoms with Gasteiger partial charge in [-0.05, 0) is 57.4 Å². The van der Waals surface area contributed by atoms with E-state index in [0.717, 1.165) is 24.8 Å². The quantitative estimate of drug-likeness (QED) is 0.547. The van der Waals surface area contributed by atoms with Gasteiger partial charge in [-0.1, -0.05) is 44.1 Å². The first-order valence-corrected chi connectivity index (χ1v) is 10.9. The van der Waals surface area contributed by atoms with Crippen molar-refractivity contribution >= 4 is 11.9 Å². The van der Waals surface area contributed by atoms with Crippen molar-refractivity contribution < 1.29 is 19.4 Å². The van der Waals surface area contributed by atoms with Crippen molar-refractivity contribution in [3.8, 4) is 0 Å². The van der Waals surface area contributed by atoms with Gasteiger partial charge in [0.05, 0.1) is 6.10 Å². The third-order valence-electron chi connectivity index (χ3n) is 6.78. The molecule has 0 saturated carbocycles. The summed E-state index contributed by atoms with van der Waals surface area (Å²) >= 11 is 0. The van der Waals surface area contributed by atoms with Gasteiger partial charge in [0.15, 0.2) is 0 Å². The Bertz CT molecular complexity index is 750. The minimum atomic E-state index is -1.24. The summed E-state index contributed by atoms with van der Waals surface area (Å²) in [5.74, 6) is -0.632. The van der Waals surface area contributed by atoms with Crippen LogP contribution in [0.3, 0.4) is 0 Å². The van der Waals surface area contributed by atoms with Crippen LogP contribution in [0, 0.1) is 23.7 Å². The molecule has 1 fully saturated rings. The molecule has 1 saturated heterocycles. The molecule has 0 radical (unpaired) electrons. The van der Waals surface area contributed by atoms with Crippen LogP contribution in [-0.2, 0) is 14.3 Å². The van der Waals surface area contributed by atoms with E-state index in [1.807, 2.05) is 0 Å².